The maximum absolute atomic E-state index is 12.6. The van der Waals surface area contributed by atoms with Gasteiger partial charge < -0.3 is 14.2 Å². The minimum atomic E-state index is -0.0434. The lowest BCUT2D eigenvalue weighted by Crippen LogP contribution is -2.40. The zero-order chi connectivity index (χ0) is 16.8. The van der Waals surface area contributed by atoms with Gasteiger partial charge in [0.25, 0.3) is 5.91 Å². The number of likely N-dealkylation sites (tertiary alicyclic amines) is 1. The number of amides is 2. The van der Waals surface area contributed by atoms with Crippen molar-refractivity contribution in [3.8, 4) is 0 Å². The molecule has 1 fully saturated rings. The van der Waals surface area contributed by atoms with Gasteiger partial charge >= 0.3 is 0 Å². The van der Waals surface area contributed by atoms with Crippen molar-refractivity contribution in [3.05, 3.63) is 23.7 Å². The maximum Gasteiger partial charge on any atom is 0.257 e. The van der Waals surface area contributed by atoms with Crippen LogP contribution in [0, 0.1) is 12.8 Å². The number of carbonyl (C=O) groups excluding carboxylic acids is 2. The Balaban J connectivity index is 1.90. The number of aryl methyl sites for hydroxylation is 1. The monoisotopic (exact) mass is 320 g/mol. The number of piperidine rings is 1. The van der Waals surface area contributed by atoms with E-state index in [1.54, 1.807) is 17.9 Å². The molecule has 0 unspecified atom stereocenters. The summed E-state index contributed by atoms with van der Waals surface area (Å²) in [4.78, 5) is 28.7. The summed E-state index contributed by atoms with van der Waals surface area (Å²) in [6.07, 6.45) is 4.97. The predicted molar refractivity (Wildman–Crippen MR) is 89.2 cm³/mol. The number of rotatable bonds is 6. The fourth-order valence-electron chi connectivity index (χ4n) is 3.01. The first kappa shape index (κ1) is 17.6. The number of furan rings is 1. The van der Waals surface area contributed by atoms with Crippen molar-refractivity contribution in [2.45, 2.75) is 46.5 Å². The number of nitrogens with zero attached hydrogens (tertiary/aromatic N) is 2. The molecule has 0 saturated carbocycles. The molecule has 128 valence electrons. The third-order valence-electron chi connectivity index (χ3n) is 4.60. The van der Waals surface area contributed by atoms with E-state index in [4.69, 9.17) is 4.42 Å². The van der Waals surface area contributed by atoms with E-state index < -0.39 is 0 Å². The Bertz CT molecular complexity index is 530. The molecule has 1 aliphatic rings. The third kappa shape index (κ3) is 4.60. The molecule has 0 N–H and O–H groups in total. The molecule has 0 atom stereocenters. The molecule has 23 heavy (non-hydrogen) atoms. The average Bonchev–Trinajstić information content (AvgIpc) is 2.97. The first-order valence-electron chi connectivity index (χ1n) is 8.64. The highest BCUT2D eigenvalue weighted by atomic mass is 16.3. The molecule has 0 aromatic carbocycles. The van der Waals surface area contributed by atoms with Gasteiger partial charge in [0.2, 0.25) is 5.91 Å². The van der Waals surface area contributed by atoms with Crippen LogP contribution in [-0.4, -0.2) is 47.8 Å². The summed E-state index contributed by atoms with van der Waals surface area (Å²) in [6, 6.07) is 1.70. The van der Waals surface area contributed by atoms with E-state index in [1.807, 2.05) is 11.8 Å². The fourth-order valence-corrected chi connectivity index (χ4v) is 3.01. The highest BCUT2D eigenvalue weighted by Gasteiger charge is 2.23. The summed E-state index contributed by atoms with van der Waals surface area (Å²) in [7, 11) is 0. The SMILES string of the molecule is CCCN(CCC(=O)N1CCC(C)CC1)C(=O)c1ccoc1C. The number of hydrogen-bond donors (Lipinski definition) is 0. The molecule has 0 spiro atoms. The molecule has 1 saturated heterocycles. The Morgan fingerprint density at radius 1 is 1.30 bits per heavy atom. The van der Waals surface area contributed by atoms with Crippen molar-refractivity contribution < 1.29 is 14.0 Å². The van der Waals surface area contributed by atoms with Crippen LogP contribution in [0.3, 0.4) is 0 Å². The van der Waals surface area contributed by atoms with E-state index in [1.165, 1.54) is 6.26 Å². The van der Waals surface area contributed by atoms with Crippen molar-refractivity contribution >= 4 is 11.8 Å². The van der Waals surface area contributed by atoms with Crippen LogP contribution in [0.5, 0.6) is 0 Å². The van der Waals surface area contributed by atoms with E-state index in [-0.39, 0.29) is 11.8 Å². The lowest BCUT2D eigenvalue weighted by Gasteiger charge is -2.31. The average molecular weight is 320 g/mol. The molecule has 5 heteroatoms. The summed E-state index contributed by atoms with van der Waals surface area (Å²) in [5, 5.41) is 0. The minimum Gasteiger partial charge on any atom is -0.469 e. The Kier molecular flexibility index (Phi) is 6.25. The van der Waals surface area contributed by atoms with Gasteiger partial charge in [-0.15, -0.1) is 0 Å². The highest BCUT2D eigenvalue weighted by Crippen LogP contribution is 2.17. The van der Waals surface area contributed by atoms with Gasteiger partial charge in [0.1, 0.15) is 5.76 Å². The molecule has 1 aromatic heterocycles. The quantitative estimate of drug-likeness (QED) is 0.809. The van der Waals surface area contributed by atoms with E-state index >= 15 is 0 Å². The van der Waals surface area contributed by atoms with E-state index in [9.17, 15) is 9.59 Å². The van der Waals surface area contributed by atoms with Gasteiger partial charge in [0.15, 0.2) is 0 Å². The largest absolute Gasteiger partial charge is 0.469 e. The van der Waals surface area contributed by atoms with Crippen LogP contribution < -0.4 is 0 Å². The predicted octanol–water partition coefficient (Wildman–Crippen LogP) is 3.09. The number of carbonyl (C=O) groups is 2. The van der Waals surface area contributed by atoms with Crippen LogP contribution in [0.1, 0.15) is 55.6 Å². The summed E-state index contributed by atoms with van der Waals surface area (Å²) in [5.41, 5.74) is 0.595. The van der Waals surface area contributed by atoms with Crippen LogP contribution in [0.2, 0.25) is 0 Å². The normalized spacial score (nSPS) is 15.7. The summed E-state index contributed by atoms with van der Waals surface area (Å²) in [5.74, 6) is 1.46. The van der Waals surface area contributed by atoms with Gasteiger partial charge in [-0.1, -0.05) is 13.8 Å². The molecule has 2 rings (SSSR count). The van der Waals surface area contributed by atoms with Crippen molar-refractivity contribution in [1.82, 2.24) is 9.80 Å². The lowest BCUT2D eigenvalue weighted by atomic mass is 9.99. The molecule has 1 aromatic rings. The molecule has 1 aliphatic heterocycles. The second kappa shape index (κ2) is 8.18. The first-order chi connectivity index (χ1) is 11.0. The van der Waals surface area contributed by atoms with Gasteiger partial charge in [0, 0.05) is 32.6 Å². The molecule has 5 nitrogen and oxygen atoms in total. The van der Waals surface area contributed by atoms with Crippen LogP contribution >= 0.6 is 0 Å². The molecule has 0 aliphatic carbocycles. The zero-order valence-electron chi connectivity index (χ0n) is 14.5. The topological polar surface area (TPSA) is 53.8 Å². The van der Waals surface area contributed by atoms with Crippen LogP contribution in [0.15, 0.2) is 16.7 Å². The van der Waals surface area contributed by atoms with Gasteiger partial charge in [-0.3, -0.25) is 9.59 Å². The fraction of sp³-hybridized carbons (Fsp3) is 0.667. The van der Waals surface area contributed by atoms with Crippen molar-refractivity contribution in [2.75, 3.05) is 26.2 Å². The molecule has 2 heterocycles. The zero-order valence-corrected chi connectivity index (χ0v) is 14.5. The van der Waals surface area contributed by atoms with Gasteiger partial charge in [0.05, 0.1) is 11.8 Å². The Hall–Kier alpha value is -1.78. The Labute approximate surface area is 138 Å². The molecule has 0 bridgehead atoms. The van der Waals surface area contributed by atoms with Crippen molar-refractivity contribution in [2.24, 2.45) is 5.92 Å². The van der Waals surface area contributed by atoms with E-state index in [2.05, 4.69) is 6.92 Å². The standard InChI is InChI=1S/C18H28N2O3/c1-4-9-20(18(22)16-8-13-23-15(16)3)12-7-17(21)19-10-5-14(2)6-11-19/h8,13-14H,4-7,9-12H2,1-3H3. The second-order valence-electron chi connectivity index (χ2n) is 6.50. The molecule has 0 radical (unpaired) electrons. The van der Waals surface area contributed by atoms with Gasteiger partial charge in [-0.2, -0.15) is 0 Å². The van der Waals surface area contributed by atoms with E-state index in [0.29, 0.717) is 36.8 Å². The highest BCUT2D eigenvalue weighted by molar-refractivity contribution is 5.95. The number of hydrogen-bond acceptors (Lipinski definition) is 3. The smallest absolute Gasteiger partial charge is 0.257 e. The summed E-state index contributed by atoms with van der Waals surface area (Å²) in [6.45, 7) is 8.89. The van der Waals surface area contributed by atoms with Crippen LogP contribution in [0.25, 0.3) is 0 Å². The lowest BCUT2D eigenvalue weighted by molar-refractivity contribution is -0.132. The van der Waals surface area contributed by atoms with Crippen LogP contribution in [-0.2, 0) is 4.79 Å². The molecular weight excluding hydrogens is 292 g/mol. The minimum absolute atomic E-state index is 0.0434. The molecule has 2 amide bonds. The second-order valence-corrected chi connectivity index (χ2v) is 6.50. The maximum atomic E-state index is 12.6. The van der Waals surface area contributed by atoms with Gasteiger partial charge in [-0.05, 0) is 38.2 Å². The van der Waals surface area contributed by atoms with Crippen molar-refractivity contribution in [3.63, 3.8) is 0 Å². The molecular formula is C18H28N2O3. The van der Waals surface area contributed by atoms with Crippen LogP contribution in [0.4, 0.5) is 0 Å². The van der Waals surface area contributed by atoms with Gasteiger partial charge in [-0.25, -0.2) is 0 Å². The Morgan fingerprint density at radius 3 is 2.57 bits per heavy atom. The third-order valence-corrected chi connectivity index (χ3v) is 4.60. The van der Waals surface area contributed by atoms with E-state index in [0.717, 1.165) is 32.4 Å². The summed E-state index contributed by atoms with van der Waals surface area (Å²) < 4.78 is 5.22. The Morgan fingerprint density at radius 2 is 2.00 bits per heavy atom. The summed E-state index contributed by atoms with van der Waals surface area (Å²) >= 11 is 0. The first-order valence-corrected chi connectivity index (χ1v) is 8.64. The van der Waals surface area contributed by atoms with Crippen molar-refractivity contribution in [1.29, 1.82) is 0 Å².